The van der Waals surface area contributed by atoms with E-state index < -0.39 is 0 Å². The van der Waals surface area contributed by atoms with Crippen molar-refractivity contribution < 1.29 is 5.11 Å². The summed E-state index contributed by atoms with van der Waals surface area (Å²) < 4.78 is 0. The van der Waals surface area contributed by atoms with Gasteiger partial charge in [0.25, 0.3) is 0 Å². The first kappa shape index (κ1) is 11.3. The van der Waals surface area contributed by atoms with Gasteiger partial charge in [-0.05, 0) is 53.4 Å². The van der Waals surface area contributed by atoms with E-state index in [0.29, 0.717) is 5.69 Å². The first-order chi connectivity index (χ1) is 8.28. The summed E-state index contributed by atoms with van der Waals surface area (Å²) in [6, 6.07) is 14.5. The summed E-state index contributed by atoms with van der Waals surface area (Å²) in [5, 5.41) is 12.0. The maximum Gasteiger partial charge on any atom is 0.115 e. The van der Waals surface area contributed by atoms with Gasteiger partial charge in [0, 0.05) is 0 Å². The average molecular weight is 227 g/mol. The number of phenols is 1. The van der Waals surface area contributed by atoms with Crippen molar-refractivity contribution >= 4 is 5.69 Å². The molecule has 0 spiro atoms. The molecule has 0 saturated heterocycles. The largest absolute Gasteiger partial charge is 0.508 e. The molecule has 0 heterocycles. The van der Waals surface area contributed by atoms with Crippen LogP contribution < -0.4 is 0 Å². The molecule has 1 N–H and O–H groups in total. The van der Waals surface area contributed by atoms with E-state index in [0.717, 1.165) is 12.8 Å². The van der Waals surface area contributed by atoms with Gasteiger partial charge < -0.3 is 5.11 Å². The van der Waals surface area contributed by atoms with E-state index in [2.05, 4.69) is 5.18 Å². The average Bonchev–Trinajstić information content (AvgIpc) is 2.39. The van der Waals surface area contributed by atoms with Gasteiger partial charge in [-0.2, -0.15) is 0 Å². The molecule has 3 heteroatoms. The number of benzene rings is 2. The Hall–Kier alpha value is -2.16. The second kappa shape index (κ2) is 5.25. The number of hydrogen-bond donors (Lipinski definition) is 1. The lowest BCUT2D eigenvalue weighted by atomic mass is 10.0. The number of nitrogens with zero attached hydrogens (tertiary/aromatic N) is 1. The first-order valence-corrected chi connectivity index (χ1v) is 5.48. The third-order valence-corrected chi connectivity index (χ3v) is 2.68. The Morgan fingerprint density at radius 2 is 1.29 bits per heavy atom. The lowest BCUT2D eigenvalue weighted by Gasteiger charge is -2.02. The van der Waals surface area contributed by atoms with Crippen LogP contribution in [0, 0.1) is 4.91 Å². The summed E-state index contributed by atoms with van der Waals surface area (Å²) in [5.74, 6) is 0.287. The molecular formula is C14H13NO2. The number of nitroso groups, excluding NO2 is 1. The zero-order valence-electron chi connectivity index (χ0n) is 9.34. The van der Waals surface area contributed by atoms with E-state index in [1.807, 2.05) is 24.3 Å². The summed E-state index contributed by atoms with van der Waals surface area (Å²) in [6.45, 7) is 0. The van der Waals surface area contributed by atoms with Gasteiger partial charge in [-0.3, -0.25) is 0 Å². The molecule has 17 heavy (non-hydrogen) atoms. The molecule has 0 fully saturated rings. The molecule has 0 radical (unpaired) electrons. The minimum absolute atomic E-state index is 0.287. The van der Waals surface area contributed by atoms with Crippen LogP contribution in [0.2, 0.25) is 0 Å². The minimum Gasteiger partial charge on any atom is -0.508 e. The fourth-order valence-corrected chi connectivity index (χ4v) is 1.67. The smallest absolute Gasteiger partial charge is 0.115 e. The number of aryl methyl sites for hydroxylation is 2. The molecule has 0 amide bonds. The molecule has 0 saturated carbocycles. The Balaban J connectivity index is 1.97. The topological polar surface area (TPSA) is 49.7 Å². The standard InChI is InChI=1S/C14H13NO2/c16-14-9-5-12(6-10-14)2-1-11-3-7-13(15-17)8-4-11/h3-10,16H,1-2H2. The van der Waals surface area contributed by atoms with E-state index in [9.17, 15) is 4.91 Å². The molecule has 2 aromatic rings. The zero-order valence-corrected chi connectivity index (χ0v) is 9.34. The predicted molar refractivity (Wildman–Crippen MR) is 67.4 cm³/mol. The Labute approximate surface area is 99.7 Å². The van der Waals surface area contributed by atoms with Crippen LogP contribution in [-0.4, -0.2) is 5.11 Å². The van der Waals surface area contributed by atoms with E-state index >= 15 is 0 Å². The van der Waals surface area contributed by atoms with Gasteiger partial charge in [0.05, 0.1) is 0 Å². The molecular weight excluding hydrogens is 214 g/mol. The van der Waals surface area contributed by atoms with Crippen LogP contribution in [0.4, 0.5) is 5.69 Å². The Morgan fingerprint density at radius 1 is 0.824 bits per heavy atom. The zero-order chi connectivity index (χ0) is 12.1. The van der Waals surface area contributed by atoms with Crippen molar-refractivity contribution in [3.8, 4) is 5.75 Å². The third kappa shape index (κ3) is 3.14. The normalized spacial score (nSPS) is 10.1. The van der Waals surface area contributed by atoms with Crippen LogP contribution in [0.5, 0.6) is 5.75 Å². The van der Waals surface area contributed by atoms with Crippen molar-refractivity contribution in [1.29, 1.82) is 0 Å². The maximum absolute atomic E-state index is 10.3. The summed E-state index contributed by atoms with van der Waals surface area (Å²) in [6.07, 6.45) is 1.82. The maximum atomic E-state index is 10.3. The lowest BCUT2D eigenvalue weighted by molar-refractivity contribution is 0.475. The summed E-state index contributed by atoms with van der Waals surface area (Å²) >= 11 is 0. The third-order valence-electron chi connectivity index (χ3n) is 2.68. The van der Waals surface area contributed by atoms with Crippen molar-refractivity contribution in [3.63, 3.8) is 0 Å². The highest BCUT2D eigenvalue weighted by molar-refractivity contribution is 5.38. The highest BCUT2D eigenvalue weighted by atomic mass is 16.3. The molecule has 0 aliphatic rings. The second-order valence-corrected chi connectivity index (χ2v) is 3.92. The van der Waals surface area contributed by atoms with Crippen molar-refractivity contribution in [2.24, 2.45) is 5.18 Å². The highest BCUT2D eigenvalue weighted by Gasteiger charge is 1.97. The molecule has 2 rings (SSSR count). The molecule has 0 aromatic heterocycles. The molecule has 0 aliphatic carbocycles. The van der Waals surface area contributed by atoms with Crippen LogP contribution in [0.15, 0.2) is 53.7 Å². The van der Waals surface area contributed by atoms with Gasteiger partial charge in [-0.25, -0.2) is 0 Å². The van der Waals surface area contributed by atoms with Gasteiger partial charge in [-0.15, -0.1) is 4.91 Å². The summed E-state index contributed by atoms with van der Waals surface area (Å²) in [4.78, 5) is 10.3. The van der Waals surface area contributed by atoms with E-state index in [1.54, 1.807) is 24.3 Å². The number of rotatable bonds is 4. The lowest BCUT2D eigenvalue weighted by Crippen LogP contribution is -1.90. The molecule has 0 bridgehead atoms. The summed E-state index contributed by atoms with van der Waals surface area (Å²) in [7, 11) is 0. The van der Waals surface area contributed by atoms with Crippen LogP contribution in [0.25, 0.3) is 0 Å². The van der Waals surface area contributed by atoms with E-state index in [1.165, 1.54) is 11.1 Å². The second-order valence-electron chi connectivity index (χ2n) is 3.92. The Bertz CT molecular complexity index is 489. The van der Waals surface area contributed by atoms with Crippen LogP contribution >= 0.6 is 0 Å². The number of phenolic OH excluding ortho intramolecular Hbond substituents is 1. The first-order valence-electron chi connectivity index (χ1n) is 5.48. The fourth-order valence-electron chi connectivity index (χ4n) is 1.67. The van der Waals surface area contributed by atoms with E-state index in [-0.39, 0.29) is 5.75 Å². The molecule has 86 valence electrons. The molecule has 0 aliphatic heterocycles. The van der Waals surface area contributed by atoms with Crippen molar-refractivity contribution in [2.75, 3.05) is 0 Å². The van der Waals surface area contributed by atoms with Gasteiger partial charge >= 0.3 is 0 Å². The molecule has 0 unspecified atom stereocenters. The van der Waals surface area contributed by atoms with Gasteiger partial charge in [0.15, 0.2) is 0 Å². The van der Waals surface area contributed by atoms with Crippen molar-refractivity contribution in [2.45, 2.75) is 12.8 Å². The van der Waals surface area contributed by atoms with Crippen molar-refractivity contribution in [1.82, 2.24) is 0 Å². The van der Waals surface area contributed by atoms with Gasteiger partial charge in [0.2, 0.25) is 0 Å². The number of aromatic hydroxyl groups is 1. The van der Waals surface area contributed by atoms with Crippen LogP contribution in [-0.2, 0) is 12.8 Å². The van der Waals surface area contributed by atoms with Crippen LogP contribution in [0.1, 0.15) is 11.1 Å². The van der Waals surface area contributed by atoms with Crippen LogP contribution in [0.3, 0.4) is 0 Å². The minimum atomic E-state index is 0.287. The Morgan fingerprint density at radius 3 is 1.76 bits per heavy atom. The summed E-state index contributed by atoms with van der Waals surface area (Å²) in [5.41, 5.74) is 2.81. The molecule has 2 aromatic carbocycles. The Kier molecular flexibility index (Phi) is 3.50. The quantitative estimate of drug-likeness (QED) is 0.811. The fraction of sp³-hybridized carbons (Fsp3) is 0.143. The molecule has 3 nitrogen and oxygen atoms in total. The predicted octanol–water partition coefficient (Wildman–Crippen LogP) is 3.58. The van der Waals surface area contributed by atoms with Gasteiger partial charge in [0.1, 0.15) is 11.4 Å². The van der Waals surface area contributed by atoms with Gasteiger partial charge in [-0.1, -0.05) is 24.3 Å². The molecule has 0 atom stereocenters. The van der Waals surface area contributed by atoms with Crippen molar-refractivity contribution in [3.05, 3.63) is 64.6 Å². The monoisotopic (exact) mass is 227 g/mol. The highest BCUT2D eigenvalue weighted by Crippen LogP contribution is 2.15. The van der Waals surface area contributed by atoms with E-state index in [4.69, 9.17) is 5.11 Å². The SMILES string of the molecule is O=Nc1ccc(CCc2ccc(O)cc2)cc1. The number of hydrogen-bond acceptors (Lipinski definition) is 3.